The minimum Gasteiger partial charge on any atom is -0.474 e. The van der Waals surface area contributed by atoms with Gasteiger partial charge in [0.15, 0.2) is 0 Å². The number of anilines is 1. The third-order valence-corrected chi connectivity index (χ3v) is 2.41. The summed E-state index contributed by atoms with van der Waals surface area (Å²) >= 11 is 2.26. The maximum atomic E-state index is 5.33. The molecule has 0 saturated heterocycles. The zero-order valence-corrected chi connectivity index (χ0v) is 7.96. The van der Waals surface area contributed by atoms with E-state index >= 15 is 0 Å². The van der Waals surface area contributed by atoms with Crippen LogP contribution >= 0.6 is 22.6 Å². The second-order valence-electron chi connectivity index (χ2n) is 2.25. The predicted molar refractivity (Wildman–Crippen MR) is 50.9 cm³/mol. The van der Waals surface area contributed by atoms with Gasteiger partial charge in [0.05, 0.1) is 0 Å². The Balaban J connectivity index is 2.49. The molecular weight excluding hydrogens is 255 g/mol. The SMILES string of the molecule is Ic1ccnc2c1NCCO2. The number of ether oxygens (including phenoxy) is 1. The van der Waals surface area contributed by atoms with Crippen LogP contribution in [-0.2, 0) is 0 Å². The third-order valence-electron chi connectivity index (χ3n) is 1.51. The first-order valence-corrected chi connectivity index (χ1v) is 4.47. The fraction of sp³-hybridized carbons (Fsp3) is 0.286. The first-order chi connectivity index (χ1) is 5.38. The Morgan fingerprint density at radius 2 is 2.55 bits per heavy atom. The molecule has 0 radical (unpaired) electrons. The van der Waals surface area contributed by atoms with E-state index in [2.05, 4.69) is 32.9 Å². The van der Waals surface area contributed by atoms with Gasteiger partial charge < -0.3 is 10.1 Å². The van der Waals surface area contributed by atoms with Crippen molar-refractivity contribution in [2.24, 2.45) is 0 Å². The van der Waals surface area contributed by atoms with Crippen molar-refractivity contribution < 1.29 is 4.74 Å². The standard InChI is InChI=1S/C7H7IN2O/c8-5-1-2-10-7-6(5)9-3-4-11-7/h1-2,9H,3-4H2. The van der Waals surface area contributed by atoms with Gasteiger partial charge in [-0.25, -0.2) is 4.98 Å². The molecule has 0 unspecified atom stereocenters. The molecule has 0 fully saturated rings. The van der Waals surface area contributed by atoms with E-state index in [1.165, 1.54) is 0 Å². The molecule has 2 heterocycles. The molecule has 3 nitrogen and oxygen atoms in total. The molecule has 2 rings (SSSR count). The average molecular weight is 262 g/mol. The second kappa shape index (κ2) is 2.84. The monoisotopic (exact) mass is 262 g/mol. The van der Waals surface area contributed by atoms with Crippen LogP contribution in [0.15, 0.2) is 12.3 Å². The zero-order chi connectivity index (χ0) is 7.68. The van der Waals surface area contributed by atoms with E-state index in [4.69, 9.17) is 4.74 Å². The van der Waals surface area contributed by atoms with Crippen molar-refractivity contribution in [3.63, 3.8) is 0 Å². The molecule has 0 aliphatic carbocycles. The van der Waals surface area contributed by atoms with Crippen LogP contribution in [0.1, 0.15) is 0 Å². The number of rotatable bonds is 0. The molecule has 1 aromatic rings. The molecule has 0 amide bonds. The van der Waals surface area contributed by atoms with Gasteiger partial charge in [0.1, 0.15) is 12.3 Å². The minimum absolute atomic E-state index is 0.708. The van der Waals surface area contributed by atoms with Crippen molar-refractivity contribution >= 4 is 28.3 Å². The number of nitrogens with one attached hydrogen (secondary N) is 1. The number of fused-ring (bicyclic) bond motifs is 1. The van der Waals surface area contributed by atoms with Crippen molar-refractivity contribution in [2.75, 3.05) is 18.5 Å². The second-order valence-corrected chi connectivity index (χ2v) is 3.41. The highest BCUT2D eigenvalue weighted by Crippen LogP contribution is 2.28. The van der Waals surface area contributed by atoms with E-state index in [0.29, 0.717) is 6.61 Å². The molecule has 0 aromatic carbocycles. The molecule has 0 saturated carbocycles. The van der Waals surface area contributed by atoms with E-state index in [-0.39, 0.29) is 0 Å². The van der Waals surface area contributed by atoms with E-state index < -0.39 is 0 Å². The van der Waals surface area contributed by atoms with Crippen LogP contribution in [0.3, 0.4) is 0 Å². The molecule has 1 N–H and O–H groups in total. The fourth-order valence-corrected chi connectivity index (χ4v) is 1.60. The maximum absolute atomic E-state index is 5.33. The molecule has 0 spiro atoms. The first-order valence-electron chi connectivity index (χ1n) is 3.39. The molecule has 0 bridgehead atoms. The summed E-state index contributed by atoms with van der Waals surface area (Å²) in [4.78, 5) is 4.09. The zero-order valence-electron chi connectivity index (χ0n) is 5.80. The van der Waals surface area contributed by atoms with Gasteiger partial charge in [0.2, 0.25) is 5.88 Å². The Morgan fingerprint density at radius 3 is 3.36 bits per heavy atom. The predicted octanol–water partition coefficient (Wildman–Crippen LogP) is 1.49. The van der Waals surface area contributed by atoms with Crippen molar-refractivity contribution in [1.29, 1.82) is 0 Å². The Kier molecular flexibility index (Phi) is 1.85. The van der Waals surface area contributed by atoms with Crippen LogP contribution in [0, 0.1) is 3.57 Å². The van der Waals surface area contributed by atoms with Crippen molar-refractivity contribution in [3.8, 4) is 5.88 Å². The summed E-state index contributed by atoms with van der Waals surface area (Å²) in [5.41, 5.74) is 1.03. The van der Waals surface area contributed by atoms with Gasteiger partial charge in [-0.05, 0) is 28.7 Å². The number of aromatic nitrogens is 1. The molecular formula is C7H7IN2O. The lowest BCUT2D eigenvalue weighted by atomic mass is 10.4. The van der Waals surface area contributed by atoms with Gasteiger partial charge in [-0.3, -0.25) is 0 Å². The summed E-state index contributed by atoms with van der Waals surface area (Å²) in [7, 11) is 0. The third kappa shape index (κ3) is 1.26. The number of halogens is 1. The van der Waals surface area contributed by atoms with Gasteiger partial charge in [-0.1, -0.05) is 0 Å². The molecule has 1 aliphatic heterocycles. The number of nitrogens with zero attached hydrogens (tertiary/aromatic N) is 1. The van der Waals surface area contributed by atoms with Crippen LogP contribution in [-0.4, -0.2) is 18.1 Å². The van der Waals surface area contributed by atoms with Crippen LogP contribution < -0.4 is 10.1 Å². The maximum Gasteiger partial charge on any atom is 0.238 e. The Bertz CT molecular complexity index is 277. The highest BCUT2D eigenvalue weighted by Gasteiger charge is 2.12. The quantitative estimate of drug-likeness (QED) is 0.719. The molecule has 11 heavy (non-hydrogen) atoms. The van der Waals surface area contributed by atoms with Gasteiger partial charge in [-0.2, -0.15) is 0 Å². The lowest BCUT2D eigenvalue weighted by molar-refractivity contribution is 0.310. The summed E-state index contributed by atoms with van der Waals surface area (Å²) in [6.45, 7) is 1.58. The Morgan fingerprint density at radius 1 is 1.64 bits per heavy atom. The number of hydrogen-bond acceptors (Lipinski definition) is 3. The highest BCUT2D eigenvalue weighted by atomic mass is 127. The van der Waals surface area contributed by atoms with Crippen LogP contribution in [0.2, 0.25) is 0 Å². The van der Waals surface area contributed by atoms with Crippen molar-refractivity contribution in [1.82, 2.24) is 4.98 Å². The Labute approximate surface area is 78.3 Å². The summed E-state index contributed by atoms with van der Waals surface area (Å²) in [5, 5.41) is 3.24. The minimum atomic E-state index is 0.708. The molecule has 0 atom stereocenters. The average Bonchev–Trinajstić information content (AvgIpc) is 2.06. The lowest BCUT2D eigenvalue weighted by Crippen LogP contribution is -2.19. The van der Waals surface area contributed by atoms with E-state index in [9.17, 15) is 0 Å². The van der Waals surface area contributed by atoms with E-state index in [1.54, 1.807) is 6.20 Å². The number of pyridine rings is 1. The van der Waals surface area contributed by atoms with Crippen molar-refractivity contribution in [3.05, 3.63) is 15.8 Å². The van der Waals surface area contributed by atoms with E-state index in [0.717, 1.165) is 21.7 Å². The summed E-state index contributed by atoms with van der Waals surface area (Å²) < 4.78 is 6.49. The van der Waals surface area contributed by atoms with Gasteiger partial charge in [-0.15, -0.1) is 0 Å². The number of hydrogen-bond donors (Lipinski definition) is 1. The van der Waals surface area contributed by atoms with Gasteiger partial charge >= 0.3 is 0 Å². The van der Waals surface area contributed by atoms with Crippen LogP contribution in [0.4, 0.5) is 5.69 Å². The summed E-state index contributed by atoms with van der Waals surface area (Å²) in [6, 6.07) is 1.96. The molecule has 1 aliphatic rings. The lowest BCUT2D eigenvalue weighted by Gasteiger charge is -2.18. The largest absolute Gasteiger partial charge is 0.474 e. The fourth-order valence-electron chi connectivity index (χ4n) is 1.01. The summed E-state index contributed by atoms with van der Waals surface area (Å²) in [6.07, 6.45) is 1.76. The molecule has 58 valence electrons. The van der Waals surface area contributed by atoms with Crippen LogP contribution in [0.25, 0.3) is 0 Å². The summed E-state index contributed by atoms with van der Waals surface area (Å²) in [5.74, 6) is 0.725. The molecule has 1 aromatic heterocycles. The topological polar surface area (TPSA) is 34.2 Å². The highest BCUT2D eigenvalue weighted by molar-refractivity contribution is 14.1. The van der Waals surface area contributed by atoms with E-state index in [1.807, 2.05) is 6.07 Å². The van der Waals surface area contributed by atoms with Gasteiger partial charge in [0.25, 0.3) is 0 Å². The van der Waals surface area contributed by atoms with Gasteiger partial charge in [0, 0.05) is 16.3 Å². The normalized spacial score (nSPS) is 14.6. The Hall–Kier alpha value is -0.520. The molecule has 4 heteroatoms. The smallest absolute Gasteiger partial charge is 0.238 e. The van der Waals surface area contributed by atoms with Crippen molar-refractivity contribution in [2.45, 2.75) is 0 Å². The first kappa shape index (κ1) is 7.15. The van der Waals surface area contributed by atoms with Crippen LogP contribution in [0.5, 0.6) is 5.88 Å².